The van der Waals surface area contributed by atoms with Gasteiger partial charge >= 0.3 is 0 Å². The molecular formula is C14H29ClN2O3. The zero-order valence-electron chi connectivity index (χ0n) is 12.7. The van der Waals surface area contributed by atoms with Gasteiger partial charge in [0.1, 0.15) is 0 Å². The van der Waals surface area contributed by atoms with Gasteiger partial charge in [0.05, 0.1) is 13.2 Å². The van der Waals surface area contributed by atoms with Crippen molar-refractivity contribution in [2.45, 2.75) is 32.1 Å². The first kappa shape index (κ1) is 19.6. The zero-order valence-corrected chi connectivity index (χ0v) is 13.5. The molecule has 0 heterocycles. The van der Waals surface area contributed by atoms with Crippen LogP contribution in [-0.2, 0) is 14.3 Å². The molecule has 20 heavy (non-hydrogen) atoms. The van der Waals surface area contributed by atoms with Gasteiger partial charge < -0.3 is 20.1 Å². The van der Waals surface area contributed by atoms with Gasteiger partial charge in [-0.25, -0.2) is 0 Å². The van der Waals surface area contributed by atoms with E-state index in [1.807, 2.05) is 0 Å². The second kappa shape index (κ2) is 11.3. The highest BCUT2D eigenvalue weighted by atomic mass is 35.5. The maximum atomic E-state index is 11.7. The minimum Gasteiger partial charge on any atom is -0.385 e. The van der Waals surface area contributed by atoms with Crippen LogP contribution in [0.15, 0.2) is 0 Å². The summed E-state index contributed by atoms with van der Waals surface area (Å²) < 4.78 is 10.1. The molecule has 120 valence electrons. The van der Waals surface area contributed by atoms with Crippen LogP contribution in [0.2, 0.25) is 0 Å². The second-order valence-electron chi connectivity index (χ2n) is 5.40. The van der Waals surface area contributed by atoms with Gasteiger partial charge in [0, 0.05) is 33.9 Å². The van der Waals surface area contributed by atoms with Crippen LogP contribution in [0.25, 0.3) is 0 Å². The van der Waals surface area contributed by atoms with Gasteiger partial charge in [-0.15, -0.1) is 12.4 Å². The summed E-state index contributed by atoms with van der Waals surface area (Å²) in [5.41, 5.74) is 0.262. The van der Waals surface area contributed by atoms with Gasteiger partial charge in [-0.05, 0) is 24.7 Å². The zero-order chi connectivity index (χ0) is 14.0. The molecule has 1 saturated carbocycles. The van der Waals surface area contributed by atoms with E-state index in [0.29, 0.717) is 19.7 Å². The first-order valence-corrected chi connectivity index (χ1v) is 7.18. The highest BCUT2D eigenvalue weighted by molar-refractivity contribution is 5.85. The summed E-state index contributed by atoms with van der Waals surface area (Å²) in [6, 6.07) is 0. The Morgan fingerprint density at radius 3 is 2.40 bits per heavy atom. The van der Waals surface area contributed by atoms with Crippen LogP contribution < -0.4 is 10.6 Å². The Labute approximate surface area is 128 Å². The predicted molar refractivity (Wildman–Crippen MR) is 82.4 cm³/mol. The van der Waals surface area contributed by atoms with Crippen molar-refractivity contribution in [2.24, 2.45) is 5.41 Å². The summed E-state index contributed by atoms with van der Waals surface area (Å²) in [4.78, 5) is 11.7. The topological polar surface area (TPSA) is 59.6 Å². The Hall–Kier alpha value is -0.360. The van der Waals surface area contributed by atoms with E-state index in [9.17, 15) is 4.79 Å². The lowest BCUT2D eigenvalue weighted by atomic mass is 9.83. The van der Waals surface area contributed by atoms with Crippen molar-refractivity contribution in [3.8, 4) is 0 Å². The molecule has 0 saturated heterocycles. The fraction of sp³-hybridized carbons (Fsp3) is 0.929. The number of amides is 1. The van der Waals surface area contributed by atoms with Crippen molar-refractivity contribution in [1.82, 2.24) is 10.6 Å². The number of halogens is 1. The minimum atomic E-state index is 0. The van der Waals surface area contributed by atoms with Crippen molar-refractivity contribution >= 4 is 18.3 Å². The summed E-state index contributed by atoms with van der Waals surface area (Å²) in [6.07, 6.45) is 5.99. The molecule has 1 aliphatic carbocycles. The summed E-state index contributed by atoms with van der Waals surface area (Å²) in [5.74, 6) is 0.0693. The van der Waals surface area contributed by atoms with Gasteiger partial charge in [-0.1, -0.05) is 12.8 Å². The standard InChI is InChI=1S/C14H28N2O3.ClH/c1-18-9-7-14(5-3-4-6-14)12-16-13(17)11-15-8-10-19-2;/h15H,3-12H2,1-2H3,(H,16,17);1H. The van der Waals surface area contributed by atoms with Crippen molar-refractivity contribution < 1.29 is 14.3 Å². The van der Waals surface area contributed by atoms with Crippen LogP contribution in [0.3, 0.4) is 0 Å². The van der Waals surface area contributed by atoms with Crippen LogP contribution in [0.5, 0.6) is 0 Å². The average Bonchev–Trinajstić information content (AvgIpc) is 2.88. The SMILES string of the molecule is COCCNCC(=O)NCC1(CCOC)CCCC1.Cl. The van der Waals surface area contributed by atoms with Crippen molar-refractivity contribution in [3.63, 3.8) is 0 Å². The lowest BCUT2D eigenvalue weighted by Gasteiger charge is -2.29. The van der Waals surface area contributed by atoms with Gasteiger partial charge in [0.2, 0.25) is 5.91 Å². The number of rotatable bonds is 10. The molecule has 1 aliphatic rings. The molecule has 1 amide bonds. The minimum absolute atomic E-state index is 0. The first-order chi connectivity index (χ1) is 9.22. The Morgan fingerprint density at radius 2 is 1.80 bits per heavy atom. The number of carbonyl (C=O) groups is 1. The van der Waals surface area contributed by atoms with Crippen LogP contribution in [0, 0.1) is 5.41 Å². The van der Waals surface area contributed by atoms with Crippen molar-refractivity contribution in [1.29, 1.82) is 0 Å². The van der Waals surface area contributed by atoms with Gasteiger partial charge in [-0.3, -0.25) is 4.79 Å². The number of carbonyl (C=O) groups excluding carboxylic acids is 1. The summed E-state index contributed by atoms with van der Waals surface area (Å²) in [5, 5.41) is 6.11. The van der Waals surface area contributed by atoms with Crippen LogP contribution in [0.1, 0.15) is 32.1 Å². The molecule has 0 aliphatic heterocycles. The normalized spacial score (nSPS) is 16.7. The average molecular weight is 309 g/mol. The molecular weight excluding hydrogens is 280 g/mol. The van der Waals surface area contributed by atoms with E-state index >= 15 is 0 Å². The largest absolute Gasteiger partial charge is 0.385 e. The smallest absolute Gasteiger partial charge is 0.233 e. The van der Waals surface area contributed by atoms with Crippen LogP contribution in [-0.4, -0.2) is 53.0 Å². The monoisotopic (exact) mass is 308 g/mol. The van der Waals surface area contributed by atoms with Gasteiger partial charge in [0.15, 0.2) is 0 Å². The molecule has 0 unspecified atom stereocenters. The summed E-state index contributed by atoms with van der Waals surface area (Å²) >= 11 is 0. The molecule has 0 radical (unpaired) electrons. The molecule has 0 bridgehead atoms. The van der Waals surface area contributed by atoms with Gasteiger partial charge in [0.25, 0.3) is 0 Å². The molecule has 0 aromatic carbocycles. The van der Waals surface area contributed by atoms with Crippen LogP contribution in [0.4, 0.5) is 0 Å². The maximum Gasteiger partial charge on any atom is 0.233 e. The third-order valence-corrected chi connectivity index (χ3v) is 3.93. The lowest BCUT2D eigenvalue weighted by molar-refractivity contribution is -0.120. The Balaban J connectivity index is 0.00000361. The fourth-order valence-corrected chi connectivity index (χ4v) is 2.68. The molecule has 1 rings (SSSR count). The molecule has 1 fully saturated rings. The third kappa shape index (κ3) is 7.43. The van der Waals surface area contributed by atoms with E-state index < -0.39 is 0 Å². The Kier molecular flexibility index (Phi) is 11.1. The van der Waals surface area contributed by atoms with E-state index in [-0.39, 0.29) is 23.7 Å². The molecule has 0 aromatic rings. The van der Waals surface area contributed by atoms with E-state index in [4.69, 9.17) is 9.47 Å². The maximum absolute atomic E-state index is 11.7. The highest BCUT2D eigenvalue weighted by Gasteiger charge is 2.33. The van der Waals surface area contributed by atoms with E-state index in [1.54, 1.807) is 14.2 Å². The molecule has 5 nitrogen and oxygen atoms in total. The quantitative estimate of drug-likeness (QED) is 0.598. The van der Waals surface area contributed by atoms with E-state index in [0.717, 1.165) is 19.6 Å². The predicted octanol–water partition coefficient (Wildman–Crippen LogP) is 1.36. The van der Waals surface area contributed by atoms with Crippen LogP contribution >= 0.6 is 12.4 Å². The summed E-state index contributed by atoms with van der Waals surface area (Å²) in [7, 11) is 3.39. The first-order valence-electron chi connectivity index (χ1n) is 7.18. The number of hydrogen-bond donors (Lipinski definition) is 2. The Bertz CT molecular complexity index is 259. The second-order valence-corrected chi connectivity index (χ2v) is 5.40. The molecule has 0 aromatic heterocycles. The fourth-order valence-electron chi connectivity index (χ4n) is 2.68. The number of methoxy groups -OCH3 is 2. The summed E-state index contributed by atoms with van der Waals surface area (Å²) in [6.45, 7) is 3.26. The van der Waals surface area contributed by atoms with E-state index in [1.165, 1.54) is 25.7 Å². The lowest BCUT2D eigenvalue weighted by Crippen LogP contribution is -2.41. The third-order valence-electron chi connectivity index (χ3n) is 3.93. The Morgan fingerprint density at radius 1 is 1.15 bits per heavy atom. The highest BCUT2D eigenvalue weighted by Crippen LogP contribution is 2.40. The molecule has 0 atom stereocenters. The van der Waals surface area contributed by atoms with Gasteiger partial charge in [-0.2, -0.15) is 0 Å². The number of nitrogens with one attached hydrogen (secondary N) is 2. The van der Waals surface area contributed by atoms with E-state index in [2.05, 4.69) is 10.6 Å². The number of ether oxygens (including phenoxy) is 2. The number of hydrogen-bond acceptors (Lipinski definition) is 4. The van der Waals surface area contributed by atoms with Crippen molar-refractivity contribution in [3.05, 3.63) is 0 Å². The van der Waals surface area contributed by atoms with Crippen molar-refractivity contribution in [2.75, 3.05) is 47.1 Å². The molecule has 2 N–H and O–H groups in total. The molecule has 6 heteroatoms. The molecule has 0 spiro atoms.